The van der Waals surface area contributed by atoms with Crippen molar-refractivity contribution >= 4 is 0 Å². The Bertz CT molecular complexity index is 349. The van der Waals surface area contributed by atoms with Crippen molar-refractivity contribution < 1.29 is 0 Å². The van der Waals surface area contributed by atoms with Crippen molar-refractivity contribution in [2.45, 2.75) is 51.4 Å². The third-order valence-corrected chi connectivity index (χ3v) is 3.57. The highest BCUT2D eigenvalue weighted by Crippen LogP contribution is 2.32. The van der Waals surface area contributed by atoms with E-state index in [2.05, 4.69) is 43.3 Å². The first-order valence-electron chi connectivity index (χ1n) is 6.64. The number of hydrogen-bond donors (Lipinski definition) is 0. The van der Waals surface area contributed by atoms with E-state index in [4.69, 9.17) is 0 Å². The van der Waals surface area contributed by atoms with E-state index in [-0.39, 0.29) is 0 Å². The molecule has 1 unspecified atom stereocenters. The predicted octanol–water partition coefficient (Wildman–Crippen LogP) is 4.85. The van der Waals surface area contributed by atoms with Gasteiger partial charge in [0, 0.05) is 0 Å². The SMILES string of the molecule is CCC=CCC1CCCCc2ccccc21. The Morgan fingerprint density at radius 3 is 2.94 bits per heavy atom. The van der Waals surface area contributed by atoms with Crippen LogP contribution in [0.1, 0.15) is 56.1 Å². The molecule has 0 aromatic heterocycles. The molecule has 0 spiro atoms. The van der Waals surface area contributed by atoms with E-state index in [9.17, 15) is 0 Å². The molecule has 16 heavy (non-hydrogen) atoms. The van der Waals surface area contributed by atoms with Gasteiger partial charge in [-0.15, -0.1) is 0 Å². The van der Waals surface area contributed by atoms with E-state index in [1.54, 1.807) is 11.1 Å². The molecule has 86 valence electrons. The van der Waals surface area contributed by atoms with Gasteiger partial charge in [-0.05, 0) is 49.1 Å². The molecule has 0 N–H and O–H groups in total. The molecule has 0 saturated carbocycles. The lowest BCUT2D eigenvalue weighted by molar-refractivity contribution is 0.601. The first-order chi connectivity index (χ1) is 7.92. The lowest BCUT2D eigenvalue weighted by Crippen LogP contribution is -1.98. The quantitative estimate of drug-likeness (QED) is 0.498. The zero-order valence-corrected chi connectivity index (χ0v) is 10.3. The van der Waals surface area contributed by atoms with E-state index in [1.807, 2.05) is 0 Å². The summed E-state index contributed by atoms with van der Waals surface area (Å²) in [5.74, 6) is 0.765. The monoisotopic (exact) mass is 214 g/mol. The van der Waals surface area contributed by atoms with Crippen molar-refractivity contribution in [2.24, 2.45) is 0 Å². The Morgan fingerprint density at radius 2 is 2.06 bits per heavy atom. The minimum atomic E-state index is 0.765. The summed E-state index contributed by atoms with van der Waals surface area (Å²) in [6, 6.07) is 9.03. The molecule has 0 radical (unpaired) electrons. The Labute approximate surface area is 99.4 Å². The molecule has 0 saturated heterocycles. The van der Waals surface area contributed by atoms with Gasteiger partial charge in [0.25, 0.3) is 0 Å². The van der Waals surface area contributed by atoms with Crippen LogP contribution in [0.5, 0.6) is 0 Å². The molecular formula is C16H22. The zero-order valence-electron chi connectivity index (χ0n) is 10.3. The first-order valence-corrected chi connectivity index (χ1v) is 6.64. The van der Waals surface area contributed by atoms with Crippen LogP contribution in [0.3, 0.4) is 0 Å². The fraction of sp³-hybridized carbons (Fsp3) is 0.500. The van der Waals surface area contributed by atoms with E-state index in [1.165, 1.54) is 32.1 Å². The van der Waals surface area contributed by atoms with E-state index >= 15 is 0 Å². The highest BCUT2D eigenvalue weighted by atomic mass is 14.2. The number of hydrogen-bond acceptors (Lipinski definition) is 0. The summed E-state index contributed by atoms with van der Waals surface area (Å²) in [6.07, 6.45) is 12.5. The Balaban J connectivity index is 2.15. The summed E-state index contributed by atoms with van der Waals surface area (Å²) in [7, 11) is 0. The average Bonchev–Trinajstić information content (AvgIpc) is 2.52. The van der Waals surface area contributed by atoms with Gasteiger partial charge in [-0.3, -0.25) is 0 Å². The second-order valence-electron chi connectivity index (χ2n) is 4.76. The molecule has 1 aromatic rings. The van der Waals surface area contributed by atoms with Crippen LogP contribution in [0.4, 0.5) is 0 Å². The summed E-state index contributed by atoms with van der Waals surface area (Å²) >= 11 is 0. The van der Waals surface area contributed by atoms with Crippen LogP contribution in [-0.4, -0.2) is 0 Å². The maximum Gasteiger partial charge on any atom is -0.0125 e. The van der Waals surface area contributed by atoms with E-state index in [0.717, 1.165) is 12.3 Å². The molecule has 1 aliphatic carbocycles. The summed E-state index contributed by atoms with van der Waals surface area (Å²) < 4.78 is 0. The van der Waals surface area contributed by atoms with Crippen LogP contribution >= 0.6 is 0 Å². The van der Waals surface area contributed by atoms with Crippen LogP contribution in [0.2, 0.25) is 0 Å². The summed E-state index contributed by atoms with van der Waals surface area (Å²) in [5.41, 5.74) is 3.20. The van der Waals surface area contributed by atoms with Crippen molar-refractivity contribution in [3.8, 4) is 0 Å². The highest BCUT2D eigenvalue weighted by molar-refractivity contribution is 5.32. The molecular weight excluding hydrogens is 192 g/mol. The van der Waals surface area contributed by atoms with Crippen molar-refractivity contribution in [3.05, 3.63) is 47.5 Å². The summed E-state index contributed by atoms with van der Waals surface area (Å²) in [4.78, 5) is 0. The van der Waals surface area contributed by atoms with E-state index < -0.39 is 0 Å². The topological polar surface area (TPSA) is 0 Å². The molecule has 2 rings (SSSR count). The van der Waals surface area contributed by atoms with E-state index in [0.29, 0.717) is 0 Å². The minimum Gasteiger partial charge on any atom is -0.0888 e. The Morgan fingerprint density at radius 1 is 1.19 bits per heavy atom. The number of allylic oxidation sites excluding steroid dienone is 2. The van der Waals surface area contributed by atoms with Gasteiger partial charge >= 0.3 is 0 Å². The van der Waals surface area contributed by atoms with Crippen LogP contribution in [0, 0.1) is 0 Å². The van der Waals surface area contributed by atoms with Crippen LogP contribution in [-0.2, 0) is 6.42 Å². The summed E-state index contributed by atoms with van der Waals surface area (Å²) in [5, 5.41) is 0. The molecule has 1 atom stereocenters. The lowest BCUT2D eigenvalue weighted by atomic mass is 9.90. The van der Waals surface area contributed by atoms with Crippen LogP contribution in [0.25, 0.3) is 0 Å². The van der Waals surface area contributed by atoms with Crippen molar-refractivity contribution in [2.75, 3.05) is 0 Å². The fourth-order valence-electron chi connectivity index (χ4n) is 2.69. The van der Waals surface area contributed by atoms with Crippen LogP contribution < -0.4 is 0 Å². The highest BCUT2D eigenvalue weighted by Gasteiger charge is 2.16. The summed E-state index contributed by atoms with van der Waals surface area (Å²) in [6.45, 7) is 2.21. The van der Waals surface area contributed by atoms with Gasteiger partial charge in [-0.25, -0.2) is 0 Å². The molecule has 0 heterocycles. The fourth-order valence-corrected chi connectivity index (χ4v) is 2.69. The smallest absolute Gasteiger partial charge is 0.0125 e. The molecule has 0 heteroatoms. The largest absolute Gasteiger partial charge is 0.0888 e. The van der Waals surface area contributed by atoms with Gasteiger partial charge in [0.1, 0.15) is 0 Å². The van der Waals surface area contributed by atoms with Crippen molar-refractivity contribution in [1.82, 2.24) is 0 Å². The van der Waals surface area contributed by atoms with Gasteiger partial charge in [-0.2, -0.15) is 0 Å². The molecule has 0 bridgehead atoms. The molecule has 0 fully saturated rings. The number of aryl methyl sites for hydroxylation is 1. The van der Waals surface area contributed by atoms with Gasteiger partial charge in [0.15, 0.2) is 0 Å². The van der Waals surface area contributed by atoms with Gasteiger partial charge in [0.05, 0.1) is 0 Å². The second-order valence-corrected chi connectivity index (χ2v) is 4.76. The number of rotatable bonds is 3. The predicted molar refractivity (Wildman–Crippen MR) is 70.8 cm³/mol. The molecule has 1 aliphatic rings. The van der Waals surface area contributed by atoms with Crippen molar-refractivity contribution in [3.63, 3.8) is 0 Å². The molecule has 1 aromatic carbocycles. The Hall–Kier alpha value is -1.04. The Kier molecular flexibility index (Phi) is 4.21. The first kappa shape index (κ1) is 11.4. The standard InChI is InChI=1S/C16H22/c1-2-3-4-9-14-10-5-6-11-15-12-7-8-13-16(14)15/h3-4,7-8,12-14H,2,5-6,9-11H2,1H3. The third-order valence-electron chi connectivity index (χ3n) is 3.57. The minimum absolute atomic E-state index is 0.765. The normalized spacial score (nSPS) is 20.7. The van der Waals surface area contributed by atoms with Gasteiger partial charge in [0.2, 0.25) is 0 Å². The van der Waals surface area contributed by atoms with Crippen LogP contribution in [0.15, 0.2) is 36.4 Å². The van der Waals surface area contributed by atoms with Crippen molar-refractivity contribution in [1.29, 1.82) is 0 Å². The van der Waals surface area contributed by atoms with Gasteiger partial charge in [-0.1, -0.05) is 49.8 Å². The number of benzene rings is 1. The molecule has 0 amide bonds. The maximum atomic E-state index is 2.37. The number of fused-ring (bicyclic) bond motifs is 1. The average molecular weight is 214 g/mol. The maximum absolute atomic E-state index is 2.37. The second kappa shape index (κ2) is 5.89. The molecule has 0 nitrogen and oxygen atoms in total. The zero-order chi connectivity index (χ0) is 11.2. The third kappa shape index (κ3) is 2.75. The lowest BCUT2D eigenvalue weighted by Gasteiger charge is -2.15. The molecule has 0 aliphatic heterocycles. The van der Waals surface area contributed by atoms with Gasteiger partial charge < -0.3 is 0 Å².